The first-order valence-electron chi connectivity index (χ1n) is 10.6. The Morgan fingerprint density at radius 1 is 1.19 bits per heavy atom. The smallest absolute Gasteiger partial charge is 0.268 e. The number of hydrogen-bond donors (Lipinski definition) is 2. The van der Waals surface area contributed by atoms with Crippen LogP contribution in [0.25, 0.3) is 10.9 Å². The lowest BCUT2D eigenvalue weighted by atomic mass is 9.96. The van der Waals surface area contributed by atoms with Gasteiger partial charge in [-0.05, 0) is 36.6 Å². The number of pyridine rings is 1. The van der Waals surface area contributed by atoms with Crippen LogP contribution in [-0.2, 0) is 16.0 Å². The van der Waals surface area contributed by atoms with Gasteiger partial charge in [0.2, 0.25) is 11.8 Å². The minimum Gasteiger partial charge on any atom is -0.349 e. The van der Waals surface area contributed by atoms with Crippen molar-refractivity contribution in [1.82, 2.24) is 20.2 Å². The van der Waals surface area contributed by atoms with E-state index in [9.17, 15) is 14.4 Å². The van der Waals surface area contributed by atoms with Gasteiger partial charge in [-0.25, -0.2) is 4.98 Å². The number of hydrogen-bond acceptors (Lipinski definition) is 4. The molecule has 3 aromatic rings. The predicted molar refractivity (Wildman–Crippen MR) is 121 cm³/mol. The number of fused-ring (bicyclic) bond motifs is 2. The van der Waals surface area contributed by atoms with Crippen molar-refractivity contribution < 1.29 is 14.4 Å². The number of para-hydroxylation sites is 1. The quantitative estimate of drug-likeness (QED) is 0.595. The number of carbonyl (C=O) groups excluding carboxylic acids is 3. The molecule has 4 heterocycles. The van der Waals surface area contributed by atoms with Crippen LogP contribution in [0.2, 0.25) is 5.15 Å². The second kappa shape index (κ2) is 8.27. The molecular weight excluding hydrogens is 430 g/mol. The molecule has 1 unspecified atom stereocenters. The van der Waals surface area contributed by atoms with Crippen molar-refractivity contribution in [2.45, 2.75) is 25.3 Å². The van der Waals surface area contributed by atoms with Crippen LogP contribution in [0.3, 0.4) is 0 Å². The number of amides is 3. The Labute approximate surface area is 189 Å². The van der Waals surface area contributed by atoms with E-state index in [4.69, 9.17) is 11.6 Å². The van der Waals surface area contributed by atoms with Crippen molar-refractivity contribution in [2.24, 2.45) is 0 Å². The van der Waals surface area contributed by atoms with E-state index in [1.807, 2.05) is 24.3 Å². The Morgan fingerprint density at radius 3 is 2.78 bits per heavy atom. The van der Waals surface area contributed by atoms with Crippen molar-refractivity contribution >= 4 is 45.9 Å². The molecule has 1 aromatic carbocycles. The van der Waals surface area contributed by atoms with E-state index < -0.39 is 11.9 Å². The summed E-state index contributed by atoms with van der Waals surface area (Å²) in [4.78, 5) is 49.3. The summed E-state index contributed by atoms with van der Waals surface area (Å²) in [6, 6.07) is 10.1. The lowest BCUT2D eigenvalue weighted by Crippen LogP contribution is -2.55. The van der Waals surface area contributed by atoms with Crippen molar-refractivity contribution in [3.63, 3.8) is 0 Å². The van der Waals surface area contributed by atoms with Crippen LogP contribution in [0, 0.1) is 0 Å². The number of H-pyrrole nitrogens is 1. The number of nitrogens with zero attached hydrogens (tertiary/aromatic N) is 3. The van der Waals surface area contributed by atoms with Gasteiger partial charge in [-0.2, -0.15) is 0 Å². The third-order valence-corrected chi connectivity index (χ3v) is 6.25. The van der Waals surface area contributed by atoms with E-state index in [0.29, 0.717) is 22.8 Å². The summed E-state index contributed by atoms with van der Waals surface area (Å²) >= 11 is 5.93. The summed E-state index contributed by atoms with van der Waals surface area (Å²) in [6.07, 6.45) is 3.89. The molecule has 164 valence electrons. The molecule has 0 bridgehead atoms. The SMILES string of the molecule is O=C(NC1Cc2ccccc2N(CC(=O)N2CCCC2)C1=O)c1cc2cc(Cl)ncc2[nH]1. The maximum absolute atomic E-state index is 13.3. The van der Waals surface area contributed by atoms with Crippen LogP contribution >= 0.6 is 11.6 Å². The average Bonchev–Trinajstić information content (AvgIpc) is 3.46. The van der Waals surface area contributed by atoms with Gasteiger partial charge in [0, 0.05) is 30.6 Å². The summed E-state index contributed by atoms with van der Waals surface area (Å²) in [5.41, 5.74) is 2.63. The Morgan fingerprint density at radius 2 is 1.97 bits per heavy atom. The zero-order chi connectivity index (χ0) is 22.2. The van der Waals surface area contributed by atoms with E-state index in [-0.39, 0.29) is 18.4 Å². The highest BCUT2D eigenvalue weighted by molar-refractivity contribution is 6.30. The van der Waals surface area contributed by atoms with E-state index in [1.54, 1.807) is 23.2 Å². The Hall–Kier alpha value is -3.39. The molecule has 0 aliphatic carbocycles. The summed E-state index contributed by atoms with van der Waals surface area (Å²) < 4.78 is 0. The first-order chi connectivity index (χ1) is 15.5. The maximum atomic E-state index is 13.3. The third-order valence-electron chi connectivity index (χ3n) is 6.04. The molecular formula is C23H22ClN5O3. The number of halogens is 1. The molecule has 9 heteroatoms. The molecule has 2 N–H and O–H groups in total. The molecule has 1 saturated heterocycles. The minimum atomic E-state index is -0.767. The monoisotopic (exact) mass is 451 g/mol. The highest BCUT2D eigenvalue weighted by atomic mass is 35.5. The molecule has 0 spiro atoms. The van der Waals surface area contributed by atoms with Gasteiger partial charge >= 0.3 is 0 Å². The van der Waals surface area contributed by atoms with Crippen molar-refractivity contribution in [2.75, 3.05) is 24.5 Å². The number of likely N-dealkylation sites (tertiary alicyclic amines) is 1. The zero-order valence-electron chi connectivity index (χ0n) is 17.3. The standard InChI is InChI=1S/C23H22ClN5O3/c24-20-11-15-10-16(26-18(15)12-25-20)22(31)27-17-9-14-5-1-2-6-19(14)29(23(17)32)13-21(30)28-7-3-4-8-28/h1-2,5-6,10-12,17,26H,3-4,7-9,13H2,(H,27,31). The zero-order valence-corrected chi connectivity index (χ0v) is 18.1. The maximum Gasteiger partial charge on any atom is 0.268 e. The van der Waals surface area contributed by atoms with Crippen LogP contribution in [0.5, 0.6) is 0 Å². The number of aromatic amines is 1. The van der Waals surface area contributed by atoms with Crippen LogP contribution in [0.1, 0.15) is 28.9 Å². The Kier molecular flexibility index (Phi) is 5.30. The van der Waals surface area contributed by atoms with E-state index in [2.05, 4.69) is 15.3 Å². The van der Waals surface area contributed by atoms with Crippen molar-refractivity contribution in [1.29, 1.82) is 0 Å². The molecule has 0 saturated carbocycles. The number of nitrogens with one attached hydrogen (secondary N) is 2. The second-order valence-electron chi connectivity index (χ2n) is 8.15. The molecule has 1 atom stereocenters. The van der Waals surface area contributed by atoms with Gasteiger partial charge in [0.25, 0.3) is 5.91 Å². The molecule has 5 rings (SSSR count). The van der Waals surface area contributed by atoms with Gasteiger partial charge < -0.3 is 20.1 Å². The molecule has 2 aromatic heterocycles. The highest BCUT2D eigenvalue weighted by Crippen LogP contribution is 2.28. The molecule has 0 radical (unpaired) electrons. The number of aromatic nitrogens is 2. The topological polar surface area (TPSA) is 98.4 Å². The highest BCUT2D eigenvalue weighted by Gasteiger charge is 2.36. The molecule has 3 amide bonds. The van der Waals surface area contributed by atoms with E-state index >= 15 is 0 Å². The molecule has 2 aliphatic heterocycles. The first kappa shape index (κ1) is 20.5. The summed E-state index contributed by atoms with van der Waals surface area (Å²) in [5.74, 6) is -0.760. The molecule has 32 heavy (non-hydrogen) atoms. The average molecular weight is 452 g/mol. The predicted octanol–water partition coefficient (Wildman–Crippen LogP) is 2.53. The summed E-state index contributed by atoms with van der Waals surface area (Å²) in [6.45, 7) is 1.42. The van der Waals surface area contributed by atoms with Gasteiger partial charge in [0.05, 0.1) is 11.7 Å². The fourth-order valence-electron chi connectivity index (χ4n) is 4.40. The van der Waals surface area contributed by atoms with Gasteiger partial charge in [0.15, 0.2) is 0 Å². The number of benzene rings is 1. The van der Waals surface area contributed by atoms with E-state index in [0.717, 1.165) is 42.6 Å². The van der Waals surface area contributed by atoms with Crippen LogP contribution in [-0.4, -0.2) is 58.3 Å². The van der Waals surface area contributed by atoms with Crippen LogP contribution in [0.15, 0.2) is 42.6 Å². The summed E-state index contributed by atoms with van der Waals surface area (Å²) in [5, 5.41) is 3.93. The molecule has 2 aliphatic rings. The largest absolute Gasteiger partial charge is 0.349 e. The fourth-order valence-corrected chi connectivity index (χ4v) is 4.57. The van der Waals surface area contributed by atoms with Gasteiger partial charge in [-0.1, -0.05) is 29.8 Å². The van der Waals surface area contributed by atoms with Crippen molar-refractivity contribution in [3.8, 4) is 0 Å². The Bertz CT molecular complexity index is 1220. The van der Waals surface area contributed by atoms with Crippen molar-refractivity contribution in [3.05, 3.63) is 59.0 Å². The van der Waals surface area contributed by atoms with Crippen LogP contribution < -0.4 is 10.2 Å². The minimum absolute atomic E-state index is 0.0290. The molecule has 8 nitrogen and oxygen atoms in total. The first-order valence-corrected chi connectivity index (χ1v) is 11.0. The lowest BCUT2D eigenvalue weighted by molar-refractivity contribution is -0.131. The number of anilines is 1. The fraction of sp³-hybridized carbons (Fsp3) is 0.304. The lowest BCUT2D eigenvalue weighted by Gasteiger charge is -2.34. The third kappa shape index (κ3) is 3.82. The second-order valence-corrected chi connectivity index (χ2v) is 8.54. The van der Waals surface area contributed by atoms with Gasteiger partial charge in [0.1, 0.15) is 23.4 Å². The number of carbonyl (C=O) groups is 3. The number of rotatable bonds is 4. The van der Waals surface area contributed by atoms with Crippen LogP contribution in [0.4, 0.5) is 5.69 Å². The molecule has 1 fully saturated rings. The Balaban J connectivity index is 1.38. The van der Waals surface area contributed by atoms with E-state index in [1.165, 1.54) is 4.90 Å². The van der Waals surface area contributed by atoms with Gasteiger partial charge in [-0.3, -0.25) is 14.4 Å². The summed E-state index contributed by atoms with van der Waals surface area (Å²) in [7, 11) is 0. The normalized spacial score (nSPS) is 18.2. The van der Waals surface area contributed by atoms with Gasteiger partial charge in [-0.15, -0.1) is 0 Å².